The predicted octanol–water partition coefficient (Wildman–Crippen LogP) is 2.20. The standard InChI is InChI=1S/C13H21NO/c1-10-6-5-7-13(8-10)9-14(4)11(2)12(3)15/h5-8,11-12,15H,9H2,1-4H3. The first-order valence-electron chi connectivity index (χ1n) is 5.44. The first-order chi connectivity index (χ1) is 7.00. The molecule has 0 aliphatic heterocycles. The predicted molar refractivity (Wildman–Crippen MR) is 63.8 cm³/mol. The fourth-order valence-electron chi connectivity index (χ4n) is 1.61. The third-order valence-electron chi connectivity index (χ3n) is 2.91. The monoisotopic (exact) mass is 207 g/mol. The fraction of sp³-hybridized carbons (Fsp3) is 0.538. The zero-order valence-electron chi connectivity index (χ0n) is 10.1. The molecule has 15 heavy (non-hydrogen) atoms. The number of aryl methyl sites for hydroxylation is 1. The van der Waals surface area contributed by atoms with Crippen molar-refractivity contribution in [3.63, 3.8) is 0 Å². The summed E-state index contributed by atoms with van der Waals surface area (Å²) in [6.45, 7) is 6.85. The van der Waals surface area contributed by atoms with E-state index in [0.717, 1.165) is 6.54 Å². The molecule has 0 bridgehead atoms. The van der Waals surface area contributed by atoms with Crippen LogP contribution in [0, 0.1) is 6.92 Å². The van der Waals surface area contributed by atoms with Crippen molar-refractivity contribution in [2.75, 3.05) is 7.05 Å². The summed E-state index contributed by atoms with van der Waals surface area (Å²) in [6, 6.07) is 8.67. The van der Waals surface area contributed by atoms with Crippen LogP contribution in [0.15, 0.2) is 24.3 Å². The highest BCUT2D eigenvalue weighted by Crippen LogP contribution is 2.10. The Kier molecular flexibility index (Phi) is 4.30. The molecule has 1 N–H and O–H groups in total. The van der Waals surface area contributed by atoms with Crippen LogP contribution in [0.5, 0.6) is 0 Å². The van der Waals surface area contributed by atoms with Crippen LogP contribution in [-0.4, -0.2) is 29.2 Å². The summed E-state index contributed by atoms with van der Waals surface area (Å²) in [7, 11) is 2.04. The van der Waals surface area contributed by atoms with Gasteiger partial charge in [-0.15, -0.1) is 0 Å². The van der Waals surface area contributed by atoms with Gasteiger partial charge in [0.25, 0.3) is 0 Å². The largest absolute Gasteiger partial charge is 0.392 e. The Bertz CT molecular complexity index is 309. The van der Waals surface area contributed by atoms with E-state index in [0.29, 0.717) is 0 Å². The van der Waals surface area contributed by atoms with Gasteiger partial charge >= 0.3 is 0 Å². The van der Waals surface area contributed by atoms with Crippen LogP contribution in [0.3, 0.4) is 0 Å². The average molecular weight is 207 g/mol. The Labute approximate surface area is 92.5 Å². The Morgan fingerprint density at radius 3 is 2.53 bits per heavy atom. The minimum atomic E-state index is -0.292. The van der Waals surface area contributed by atoms with Crippen LogP contribution >= 0.6 is 0 Å². The summed E-state index contributed by atoms with van der Waals surface area (Å²) in [4.78, 5) is 2.17. The van der Waals surface area contributed by atoms with Gasteiger partial charge in [0.2, 0.25) is 0 Å². The average Bonchev–Trinajstić information content (AvgIpc) is 2.16. The maximum Gasteiger partial charge on any atom is 0.0664 e. The summed E-state index contributed by atoms with van der Waals surface area (Å²) >= 11 is 0. The number of aliphatic hydroxyl groups is 1. The van der Waals surface area contributed by atoms with Crippen molar-refractivity contribution in [3.8, 4) is 0 Å². The molecule has 2 heteroatoms. The highest BCUT2D eigenvalue weighted by Gasteiger charge is 2.14. The summed E-state index contributed by atoms with van der Waals surface area (Å²) in [5, 5.41) is 9.48. The van der Waals surface area contributed by atoms with Gasteiger partial charge in [-0.25, -0.2) is 0 Å². The molecular weight excluding hydrogens is 186 g/mol. The van der Waals surface area contributed by atoms with Crippen molar-refractivity contribution < 1.29 is 5.11 Å². The molecule has 0 saturated heterocycles. The van der Waals surface area contributed by atoms with Gasteiger partial charge in [-0.05, 0) is 33.4 Å². The van der Waals surface area contributed by atoms with E-state index in [4.69, 9.17) is 0 Å². The zero-order valence-corrected chi connectivity index (χ0v) is 10.1. The van der Waals surface area contributed by atoms with Gasteiger partial charge < -0.3 is 5.11 Å². The molecule has 0 saturated carbocycles. The van der Waals surface area contributed by atoms with Crippen LogP contribution in [0.25, 0.3) is 0 Å². The zero-order chi connectivity index (χ0) is 11.4. The minimum absolute atomic E-state index is 0.186. The lowest BCUT2D eigenvalue weighted by atomic mass is 10.1. The Balaban J connectivity index is 2.62. The molecule has 0 fully saturated rings. The number of hydrogen-bond acceptors (Lipinski definition) is 2. The van der Waals surface area contributed by atoms with Crippen LogP contribution in [0.4, 0.5) is 0 Å². The lowest BCUT2D eigenvalue weighted by molar-refractivity contribution is 0.0828. The molecule has 1 rings (SSSR count). The van der Waals surface area contributed by atoms with E-state index >= 15 is 0 Å². The first kappa shape index (κ1) is 12.2. The molecule has 2 unspecified atom stereocenters. The van der Waals surface area contributed by atoms with Crippen LogP contribution < -0.4 is 0 Å². The van der Waals surface area contributed by atoms with Crippen LogP contribution in [0.2, 0.25) is 0 Å². The topological polar surface area (TPSA) is 23.5 Å². The second kappa shape index (κ2) is 5.29. The van der Waals surface area contributed by atoms with Gasteiger partial charge in [-0.3, -0.25) is 4.90 Å². The van der Waals surface area contributed by atoms with Crippen molar-refractivity contribution in [2.24, 2.45) is 0 Å². The summed E-state index contributed by atoms with van der Waals surface area (Å²) < 4.78 is 0. The maximum atomic E-state index is 9.48. The van der Waals surface area contributed by atoms with E-state index in [1.807, 2.05) is 20.9 Å². The molecule has 0 aromatic heterocycles. The van der Waals surface area contributed by atoms with Crippen LogP contribution in [0.1, 0.15) is 25.0 Å². The smallest absolute Gasteiger partial charge is 0.0664 e. The van der Waals surface area contributed by atoms with E-state index in [1.165, 1.54) is 11.1 Å². The Morgan fingerprint density at radius 1 is 1.33 bits per heavy atom. The highest BCUT2D eigenvalue weighted by atomic mass is 16.3. The lowest BCUT2D eigenvalue weighted by Crippen LogP contribution is -2.36. The van der Waals surface area contributed by atoms with Gasteiger partial charge in [0, 0.05) is 12.6 Å². The van der Waals surface area contributed by atoms with E-state index in [9.17, 15) is 5.11 Å². The number of likely N-dealkylation sites (N-methyl/N-ethyl adjacent to an activating group) is 1. The molecule has 84 valence electrons. The quantitative estimate of drug-likeness (QED) is 0.818. The molecule has 0 spiro atoms. The second-order valence-electron chi connectivity index (χ2n) is 4.39. The van der Waals surface area contributed by atoms with Crippen LogP contribution in [-0.2, 0) is 6.54 Å². The van der Waals surface area contributed by atoms with Crippen molar-refractivity contribution in [2.45, 2.75) is 39.5 Å². The van der Waals surface area contributed by atoms with Crippen molar-refractivity contribution in [1.82, 2.24) is 4.90 Å². The number of rotatable bonds is 4. The van der Waals surface area contributed by atoms with Gasteiger partial charge in [0.15, 0.2) is 0 Å². The van der Waals surface area contributed by atoms with Gasteiger partial charge in [-0.2, -0.15) is 0 Å². The second-order valence-corrected chi connectivity index (χ2v) is 4.39. The normalized spacial score (nSPS) is 15.3. The number of benzene rings is 1. The molecule has 0 heterocycles. The Morgan fingerprint density at radius 2 is 2.00 bits per heavy atom. The third kappa shape index (κ3) is 3.65. The summed E-state index contributed by atoms with van der Waals surface area (Å²) in [6.07, 6.45) is -0.292. The van der Waals surface area contributed by atoms with E-state index in [1.54, 1.807) is 0 Å². The maximum absolute atomic E-state index is 9.48. The molecule has 2 atom stereocenters. The number of aliphatic hydroxyl groups excluding tert-OH is 1. The molecule has 0 aliphatic rings. The molecule has 2 nitrogen and oxygen atoms in total. The van der Waals surface area contributed by atoms with E-state index < -0.39 is 0 Å². The van der Waals surface area contributed by atoms with Crippen molar-refractivity contribution in [3.05, 3.63) is 35.4 Å². The minimum Gasteiger partial charge on any atom is -0.392 e. The summed E-state index contributed by atoms with van der Waals surface area (Å²) in [5.41, 5.74) is 2.58. The van der Waals surface area contributed by atoms with Crippen molar-refractivity contribution in [1.29, 1.82) is 0 Å². The molecule has 1 aromatic carbocycles. The highest BCUT2D eigenvalue weighted by molar-refractivity contribution is 5.22. The van der Waals surface area contributed by atoms with Crippen molar-refractivity contribution >= 4 is 0 Å². The van der Waals surface area contributed by atoms with Gasteiger partial charge in [0.05, 0.1) is 6.10 Å². The molecule has 0 amide bonds. The first-order valence-corrected chi connectivity index (χ1v) is 5.44. The van der Waals surface area contributed by atoms with E-state index in [-0.39, 0.29) is 12.1 Å². The van der Waals surface area contributed by atoms with Gasteiger partial charge in [-0.1, -0.05) is 29.8 Å². The molecule has 0 radical (unpaired) electrons. The van der Waals surface area contributed by atoms with Gasteiger partial charge in [0.1, 0.15) is 0 Å². The number of nitrogens with zero attached hydrogens (tertiary/aromatic N) is 1. The van der Waals surface area contributed by atoms with E-state index in [2.05, 4.69) is 36.1 Å². The SMILES string of the molecule is Cc1cccc(CN(C)C(C)C(C)O)c1. The lowest BCUT2D eigenvalue weighted by Gasteiger charge is -2.27. The molecule has 1 aromatic rings. The summed E-state index contributed by atoms with van der Waals surface area (Å²) in [5.74, 6) is 0. The fourth-order valence-corrected chi connectivity index (χ4v) is 1.61. The third-order valence-corrected chi connectivity index (χ3v) is 2.91. The molecule has 0 aliphatic carbocycles. The number of hydrogen-bond donors (Lipinski definition) is 1. The molecular formula is C13H21NO. The Hall–Kier alpha value is -0.860.